The molecule has 0 spiro atoms. The molecular formula is C27H29N5O. The van der Waals surface area contributed by atoms with Gasteiger partial charge in [-0.05, 0) is 37.3 Å². The quantitative estimate of drug-likeness (QED) is 0.385. The summed E-state index contributed by atoms with van der Waals surface area (Å²) in [6, 6.07) is 18.3. The van der Waals surface area contributed by atoms with Gasteiger partial charge in [0.25, 0.3) is 5.91 Å². The van der Waals surface area contributed by atoms with Gasteiger partial charge in [-0.25, -0.2) is 9.97 Å². The second-order valence-electron chi connectivity index (χ2n) is 9.11. The number of nitrogens with one attached hydrogen (secondary N) is 2. The van der Waals surface area contributed by atoms with Crippen LogP contribution in [0.4, 0.5) is 5.82 Å². The molecule has 1 amide bonds. The number of anilines is 1. The van der Waals surface area contributed by atoms with E-state index in [9.17, 15) is 4.79 Å². The molecule has 0 bridgehead atoms. The Morgan fingerprint density at radius 1 is 1.06 bits per heavy atom. The Bertz CT molecular complexity index is 1260. The summed E-state index contributed by atoms with van der Waals surface area (Å²) in [6.45, 7) is 5.27. The van der Waals surface area contributed by atoms with Crippen LogP contribution in [0.2, 0.25) is 0 Å². The van der Waals surface area contributed by atoms with Crippen LogP contribution in [-0.2, 0) is 0 Å². The van der Waals surface area contributed by atoms with Gasteiger partial charge in [0.1, 0.15) is 0 Å². The highest BCUT2D eigenvalue weighted by molar-refractivity contribution is 5.95. The highest BCUT2D eigenvalue weighted by atomic mass is 16.1. The fourth-order valence-electron chi connectivity index (χ4n) is 3.84. The lowest BCUT2D eigenvalue weighted by atomic mass is 10.1. The second kappa shape index (κ2) is 9.06. The summed E-state index contributed by atoms with van der Waals surface area (Å²) < 4.78 is 2.09. The van der Waals surface area contributed by atoms with E-state index in [4.69, 9.17) is 9.97 Å². The molecule has 0 atom stereocenters. The first-order valence-corrected chi connectivity index (χ1v) is 11.7. The van der Waals surface area contributed by atoms with Crippen molar-refractivity contribution in [3.8, 4) is 22.5 Å². The summed E-state index contributed by atoms with van der Waals surface area (Å²) in [4.78, 5) is 21.9. The van der Waals surface area contributed by atoms with E-state index in [0.29, 0.717) is 17.5 Å². The molecule has 0 aliphatic heterocycles. The molecule has 33 heavy (non-hydrogen) atoms. The van der Waals surface area contributed by atoms with Crippen LogP contribution in [0.1, 0.15) is 43.5 Å². The fraction of sp³-hybridized carbons (Fsp3) is 0.296. The molecule has 6 heteroatoms. The average molecular weight is 440 g/mol. The number of rotatable bonds is 8. The molecule has 2 aromatic heterocycles. The largest absolute Gasteiger partial charge is 0.367 e. The molecule has 2 aromatic carbocycles. The first-order chi connectivity index (χ1) is 16.1. The zero-order chi connectivity index (χ0) is 22.8. The van der Waals surface area contributed by atoms with Crippen LogP contribution in [0.25, 0.3) is 28.2 Å². The molecule has 0 radical (unpaired) electrons. The average Bonchev–Trinajstić information content (AvgIpc) is 3.54. The van der Waals surface area contributed by atoms with Crippen LogP contribution in [0.5, 0.6) is 0 Å². The number of fused-ring (bicyclic) bond motifs is 1. The zero-order valence-electron chi connectivity index (χ0n) is 19.1. The van der Waals surface area contributed by atoms with E-state index in [1.165, 1.54) is 0 Å². The van der Waals surface area contributed by atoms with E-state index in [1.807, 2.05) is 54.9 Å². The predicted molar refractivity (Wildman–Crippen MR) is 132 cm³/mol. The van der Waals surface area contributed by atoms with Crippen molar-refractivity contribution < 1.29 is 4.79 Å². The maximum Gasteiger partial charge on any atom is 0.251 e. The molecule has 1 aliphatic rings. The minimum absolute atomic E-state index is 0.00519. The van der Waals surface area contributed by atoms with Crippen LogP contribution in [0, 0.1) is 5.92 Å². The molecule has 2 heterocycles. The van der Waals surface area contributed by atoms with Crippen molar-refractivity contribution in [2.45, 2.75) is 39.2 Å². The highest BCUT2D eigenvalue weighted by Gasteiger charge is 2.23. The van der Waals surface area contributed by atoms with Crippen molar-refractivity contribution in [2.75, 3.05) is 11.9 Å². The lowest BCUT2D eigenvalue weighted by Gasteiger charge is -2.12. The van der Waals surface area contributed by atoms with Gasteiger partial charge in [0.15, 0.2) is 11.5 Å². The van der Waals surface area contributed by atoms with Crippen molar-refractivity contribution >= 4 is 17.4 Å². The topological polar surface area (TPSA) is 71.3 Å². The Balaban J connectivity index is 1.51. The number of benzene rings is 2. The SMILES string of the molecule is CC(C)CCNc1nc(-c2ccccc2)cn2c(-c3ccc(C(=O)NC4CC4)cc3)cnc12. The van der Waals surface area contributed by atoms with Crippen molar-refractivity contribution in [2.24, 2.45) is 5.92 Å². The monoisotopic (exact) mass is 439 g/mol. The van der Waals surface area contributed by atoms with E-state index in [2.05, 4.69) is 41.0 Å². The first-order valence-electron chi connectivity index (χ1n) is 11.7. The summed E-state index contributed by atoms with van der Waals surface area (Å²) in [5, 5.41) is 6.54. The van der Waals surface area contributed by atoms with Gasteiger partial charge < -0.3 is 10.6 Å². The Kier molecular flexibility index (Phi) is 5.82. The molecule has 0 saturated heterocycles. The lowest BCUT2D eigenvalue weighted by Crippen LogP contribution is -2.25. The van der Waals surface area contributed by atoms with Crippen molar-refractivity contribution in [3.63, 3.8) is 0 Å². The van der Waals surface area contributed by atoms with Crippen LogP contribution in [-0.4, -0.2) is 32.9 Å². The first kappa shape index (κ1) is 21.2. The molecule has 6 nitrogen and oxygen atoms in total. The number of hydrogen-bond acceptors (Lipinski definition) is 4. The Morgan fingerprint density at radius 3 is 2.52 bits per heavy atom. The molecule has 4 aromatic rings. The fourth-order valence-corrected chi connectivity index (χ4v) is 3.84. The minimum Gasteiger partial charge on any atom is -0.367 e. The zero-order valence-corrected chi connectivity index (χ0v) is 19.1. The number of carbonyl (C=O) groups excluding carboxylic acids is 1. The predicted octanol–water partition coefficient (Wildman–Crippen LogP) is 5.41. The molecular weight excluding hydrogens is 410 g/mol. The van der Waals surface area contributed by atoms with Crippen molar-refractivity contribution in [3.05, 3.63) is 72.6 Å². The van der Waals surface area contributed by atoms with Gasteiger partial charge in [-0.2, -0.15) is 0 Å². The summed E-state index contributed by atoms with van der Waals surface area (Å²) in [5.41, 5.74) is 5.38. The van der Waals surface area contributed by atoms with Gasteiger partial charge in [-0.15, -0.1) is 0 Å². The molecule has 168 valence electrons. The molecule has 0 unspecified atom stereocenters. The third-order valence-corrected chi connectivity index (χ3v) is 5.93. The maximum absolute atomic E-state index is 12.4. The number of aromatic nitrogens is 3. The van der Waals surface area contributed by atoms with Crippen LogP contribution >= 0.6 is 0 Å². The van der Waals surface area contributed by atoms with Crippen LogP contribution < -0.4 is 10.6 Å². The molecule has 5 rings (SSSR count). The number of carbonyl (C=O) groups is 1. The minimum atomic E-state index is -0.00519. The molecule has 1 aliphatic carbocycles. The lowest BCUT2D eigenvalue weighted by molar-refractivity contribution is 0.0951. The van der Waals surface area contributed by atoms with E-state index in [1.54, 1.807) is 0 Å². The van der Waals surface area contributed by atoms with E-state index >= 15 is 0 Å². The van der Waals surface area contributed by atoms with Gasteiger partial charge in [-0.3, -0.25) is 9.20 Å². The van der Waals surface area contributed by atoms with Gasteiger partial charge in [0, 0.05) is 35.5 Å². The van der Waals surface area contributed by atoms with Gasteiger partial charge in [-0.1, -0.05) is 56.3 Å². The smallest absolute Gasteiger partial charge is 0.251 e. The van der Waals surface area contributed by atoms with Gasteiger partial charge in [0.05, 0.1) is 17.6 Å². The molecule has 1 saturated carbocycles. The van der Waals surface area contributed by atoms with E-state index < -0.39 is 0 Å². The molecule has 1 fully saturated rings. The number of imidazole rings is 1. The Morgan fingerprint density at radius 2 is 1.82 bits per heavy atom. The summed E-state index contributed by atoms with van der Waals surface area (Å²) in [5.74, 6) is 1.38. The maximum atomic E-state index is 12.4. The third kappa shape index (κ3) is 4.75. The van der Waals surface area contributed by atoms with E-state index in [-0.39, 0.29) is 5.91 Å². The summed E-state index contributed by atoms with van der Waals surface area (Å²) >= 11 is 0. The summed E-state index contributed by atoms with van der Waals surface area (Å²) in [6.07, 6.45) is 7.13. The number of nitrogens with zero attached hydrogens (tertiary/aromatic N) is 3. The summed E-state index contributed by atoms with van der Waals surface area (Å²) in [7, 11) is 0. The second-order valence-corrected chi connectivity index (χ2v) is 9.11. The normalized spacial score (nSPS) is 13.4. The van der Waals surface area contributed by atoms with E-state index in [0.717, 1.165) is 59.8 Å². The number of hydrogen-bond donors (Lipinski definition) is 2. The van der Waals surface area contributed by atoms with Crippen molar-refractivity contribution in [1.29, 1.82) is 0 Å². The Hall–Kier alpha value is -3.67. The van der Waals surface area contributed by atoms with Crippen LogP contribution in [0.15, 0.2) is 67.0 Å². The molecule has 2 N–H and O–H groups in total. The third-order valence-electron chi connectivity index (χ3n) is 5.93. The Labute approximate surface area is 194 Å². The van der Waals surface area contributed by atoms with Crippen molar-refractivity contribution in [1.82, 2.24) is 19.7 Å². The van der Waals surface area contributed by atoms with Gasteiger partial charge >= 0.3 is 0 Å². The highest BCUT2D eigenvalue weighted by Crippen LogP contribution is 2.28. The van der Waals surface area contributed by atoms with Gasteiger partial charge in [0.2, 0.25) is 0 Å². The number of amides is 1. The standard InChI is InChI=1S/C27H29N5O/c1-18(2)14-15-28-25-26-29-16-24(32(26)17-23(31-25)19-6-4-3-5-7-19)20-8-10-21(11-9-20)27(33)30-22-12-13-22/h3-11,16-18,22H,12-15H2,1-2H3,(H,28,31)(H,30,33). The van der Waals surface area contributed by atoms with Crippen LogP contribution in [0.3, 0.4) is 0 Å².